The number of nitrogens with one attached hydrogen (secondary N) is 1. The average molecular weight is 534 g/mol. The molecule has 38 heavy (non-hydrogen) atoms. The minimum atomic E-state index is -4.56. The maximum atomic E-state index is 13.9. The summed E-state index contributed by atoms with van der Waals surface area (Å²) in [7, 11) is 0. The average Bonchev–Trinajstić information content (AvgIpc) is 3.41. The molecule has 206 valence electrons. The SMILES string of the molecule is CC(C)(C)[C@@H](C(=O)N1C[C@H](O)C[C@H]1C(=O)NC1(c2ccccc2C(F)(F)F)CCC1)n1cc(C2CC2)nn1. The van der Waals surface area contributed by atoms with Crippen LogP contribution in [0.15, 0.2) is 30.5 Å². The molecule has 1 aromatic heterocycles. The maximum absolute atomic E-state index is 13.9. The summed E-state index contributed by atoms with van der Waals surface area (Å²) in [6, 6.07) is 3.52. The number of rotatable bonds is 6. The molecule has 1 aromatic carbocycles. The molecule has 0 radical (unpaired) electrons. The number of hydrogen-bond acceptors (Lipinski definition) is 5. The van der Waals surface area contributed by atoms with Crippen molar-refractivity contribution in [2.45, 2.75) is 95.1 Å². The van der Waals surface area contributed by atoms with Gasteiger partial charge < -0.3 is 15.3 Å². The number of aliphatic hydroxyl groups is 1. The van der Waals surface area contributed by atoms with Crippen LogP contribution in [-0.4, -0.2) is 55.5 Å². The van der Waals surface area contributed by atoms with Crippen LogP contribution in [0.2, 0.25) is 0 Å². The van der Waals surface area contributed by atoms with Crippen molar-refractivity contribution in [3.63, 3.8) is 0 Å². The molecule has 2 aromatic rings. The summed E-state index contributed by atoms with van der Waals surface area (Å²) in [6.07, 6.45) is -0.227. The first-order valence-electron chi connectivity index (χ1n) is 13.2. The number of aliphatic hydroxyl groups excluding tert-OH is 1. The van der Waals surface area contributed by atoms with Crippen LogP contribution in [0.5, 0.6) is 0 Å². The van der Waals surface area contributed by atoms with Crippen molar-refractivity contribution in [1.29, 1.82) is 0 Å². The predicted octanol–water partition coefficient (Wildman–Crippen LogP) is 3.92. The number of alkyl halides is 3. The number of likely N-dealkylation sites (tertiary alicyclic amines) is 1. The lowest BCUT2D eigenvalue weighted by atomic mass is 9.70. The monoisotopic (exact) mass is 533 g/mol. The van der Waals surface area contributed by atoms with E-state index in [9.17, 15) is 27.9 Å². The molecule has 2 aliphatic carbocycles. The van der Waals surface area contributed by atoms with Gasteiger partial charge in [-0.2, -0.15) is 13.2 Å². The van der Waals surface area contributed by atoms with E-state index >= 15 is 0 Å². The summed E-state index contributed by atoms with van der Waals surface area (Å²) in [5.74, 6) is -0.582. The number of amides is 2. The highest BCUT2D eigenvalue weighted by atomic mass is 19.4. The quantitative estimate of drug-likeness (QED) is 0.587. The number of aromatic nitrogens is 3. The number of nitrogens with zero attached hydrogens (tertiary/aromatic N) is 4. The van der Waals surface area contributed by atoms with E-state index in [4.69, 9.17) is 0 Å². The van der Waals surface area contributed by atoms with Gasteiger partial charge >= 0.3 is 6.18 Å². The normalized spacial score (nSPS) is 24.1. The molecule has 5 rings (SSSR count). The van der Waals surface area contributed by atoms with Crippen molar-refractivity contribution < 1.29 is 27.9 Å². The lowest BCUT2D eigenvalue weighted by Gasteiger charge is -2.45. The van der Waals surface area contributed by atoms with Crippen molar-refractivity contribution in [1.82, 2.24) is 25.2 Å². The van der Waals surface area contributed by atoms with Gasteiger partial charge in [-0.15, -0.1) is 5.10 Å². The van der Waals surface area contributed by atoms with E-state index in [0.717, 1.165) is 24.6 Å². The molecule has 1 saturated heterocycles. The van der Waals surface area contributed by atoms with Crippen molar-refractivity contribution in [3.05, 3.63) is 47.3 Å². The third kappa shape index (κ3) is 4.92. The summed E-state index contributed by atoms with van der Waals surface area (Å²) in [4.78, 5) is 28.9. The van der Waals surface area contributed by atoms with Gasteiger partial charge in [-0.1, -0.05) is 44.2 Å². The van der Waals surface area contributed by atoms with Gasteiger partial charge in [0.2, 0.25) is 11.8 Å². The van der Waals surface area contributed by atoms with Crippen LogP contribution in [0.25, 0.3) is 0 Å². The largest absolute Gasteiger partial charge is 0.416 e. The molecule has 11 heteroatoms. The lowest BCUT2D eigenvalue weighted by molar-refractivity contribution is -0.145. The lowest BCUT2D eigenvalue weighted by Crippen LogP contribution is -2.57. The van der Waals surface area contributed by atoms with Crippen LogP contribution in [0.3, 0.4) is 0 Å². The summed E-state index contributed by atoms with van der Waals surface area (Å²) < 4.78 is 42.9. The molecular weight excluding hydrogens is 499 g/mol. The van der Waals surface area contributed by atoms with E-state index in [1.54, 1.807) is 10.9 Å². The third-order valence-corrected chi connectivity index (χ3v) is 8.02. The van der Waals surface area contributed by atoms with Gasteiger partial charge in [-0.05, 0) is 49.1 Å². The Morgan fingerprint density at radius 2 is 1.84 bits per heavy atom. The topological polar surface area (TPSA) is 100 Å². The van der Waals surface area contributed by atoms with Crippen LogP contribution in [0, 0.1) is 5.41 Å². The van der Waals surface area contributed by atoms with Crippen LogP contribution < -0.4 is 5.32 Å². The molecule has 8 nitrogen and oxygen atoms in total. The maximum Gasteiger partial charge on any atom is 0.416 e. The van der Waals surface area contributed by atoms with Crippen molar-refractivity contribution >= 4 is 11.8 Å². The Morgan fingerprint density at radius 1 is 1.16 bits per heavy atom. The zero-order valence-electron chi connectivity index (χ0n) is 21.8. The van der Waals surface area contributed by atoms with Gasteiger partial charge in [0.05, 0.1) is 22.9 Å². The highest BCUT2D eigenvalue weighted by molar-refractivity contribution is 5.90. The van der Waals surface area contributed by atoms with Crippen molar-refractivity contribution in [2.75, 3.05) is 6.54 Å². The molecule has 3 atom stereocenters. The number of carbonyl (C=O) groups excluding carboxylic acids is 2. The number of carbonyl (C=O) groups is 2. The van der Waals surface area contributed by atoms with Crippen LogP contribution in [-0.2, 0) is 21.3 Å². The predicted molar refractivity (Wildman–Crippen MR) is 132 cm³/mol. The highest BCUT2D eigenvalue weighted by Crippen LogP contribution is 2.47. The van der Waals surface area contributed by atoms with Crippen molar-refractivity contribution in [3.8, 4) is 0 Å². The molecule has 0 spiro atoms. The Labute approximate surface area is 219 Å². The second-order valence-electron chi connectivity index (χ2n) is 12.0. The van der Waals surface area contributed by atoms with Gasteiger partial charge in [-0.3, -0.25) is 9.59 Å². The zero-order chi connectivity index (χ0) is 27.5. The number of benzene rings is 1. The van der Waals surface area contributed by atoms with Gasteiger partial charge in [0.15, 0.2) is 0 Å². The minimum Gasteiger partial charge on any atom is -0.391 e. The standard InChI is InChI=1S/C27H34F3N5O3/c1-25(2,3)22(35-15-20(32-33-35)16-9-10-16)24(38)34-14-17(36)13-21(34)23(37)31-26(11-6-12-26)18-7-4-5-8-19(18)27(28,29)30/h4-5,7-8,15-17,21-22,36H,6,9-14H2,1-3H3,(H,31,37)/t17-,21+,22-/m1/s1. The molecule has 2 N–H and O–H groups in total. The fourth-order valence-electron chi connectivity index (χ4n) is 5.78. The summed E-state index contributed by atoms with van der Waals surface area (Å²) in [5.41, 5.74) is -1.66. The second-order valence-corrected chi connectivity index (χ2v) is 12.0. The van der Waals surface area contributed by atoms with Crippen LogP contribution in [0.1, 0.15) is 88.1 Å². The Bertz CT molecular complexity index is 1210. The Morgan fingerprint density at radius 3 is 2.42 bits per heavy atom. The van der Waals surface area contributed by atoms with E-state index in [0.29, 0.717) is 25.2 Å². The second kappa shape index (κ2) is 9.36. The van der Waals surface area contributed by atoms with Crippen LogP contribution >= 0.6 is 0 Å². The first-order chi connectivity index (χ1) is 17.8. The first kappa shape index (κ1) is 26.6. The van der Waals surface area contributed by atoms with Gasteiger partial charge in [0, 0.05) is 25.1 Å². The van der Waals surface area contributed by atoms with E-state index < -0.39 is 46.8 Å². The molecule has 3 aliphatic rings. The van der Waals surface area contributed by atoms with E-state index in [1.165, 1.54) is 23.1 Å². The van der Waals surface area contributed by atoms with E-state index in [2.05, 4.69) is 15.6 Å². The number of hydrogen-bond donors (Lipinski definition) is 2. The first-order valence-corrected chi connectivity index (χ1v) is 13.2. The Kier molecular flexibility index (Phi) is 6.56. The number of β-amino-alcohol motifs (C(OH)–C–C–N with tert-alkyl or cyclic N) is 1. The Hall–Kier alpha value is -2.95. The summed E-state index contributed by atoms with van der Waals surface area (Å²) in [6.45, 7) is 5.65. The van der Waals surface area contributed by atoms with E-state index in [1.807, 2.05) is 20.8 Å². The van der Waals surface area contributed by atoms with Gasteiger partial charge in [0.1, 0.15) is 12.1 Å². The zero-order valence-corrected chi connectivity index (χ0v) is 21.8. The summed E-state index contributed by atoms with van der Waals surface area (Å²) in [5, 5.41) is 21.8. The molecule has 0 bridgehead atoms. The molecule has 0 unspecified atom stereocenters. The van der Waals surface area contributed by atoms with Gasteiger partial charge in [-0.25, -0.2) is 4.68 Å². The van der Waals surface area contributed by atoms with E-state index in [-0.39, 0.29) is 24.4 Å². The highest BCUT2D eigenvalue weighted by Gasteiger charge is 2.50. The van der Waals surface area contributed by atoms with Crippen molar-refractivity contribution in [2.24, 2.45) is 5.41 Å². The molecule has 2 heterocycles. The fourth-order valence-corrected chi connectivity index (χ4v) is 5.78. The molecule has 3 fully saturated rings. The third-order valence-electron chi connectivity index (χ3n) is 8.02. The number of halogens is 3. The van der Waals surface area contributed by atoms with Crippen LogP contribution in [0.4, 0.5) is 13.2 Å². The Balaban J connectivity index is 1.41. The molecule has 2 saturated carbocycles. The van der Waals surface area contributed by atoms with Gasteiger partial charge in [0.25, 0.3) is 0 Å². The molecular formula is C27H34F3N5O3. The minimum absolute atomic E-state index is 0.0100. The fraction of sp³-hybridized carbons (Fsp3) is 0.630. The molecule has 2 amide bonds. The summed E-state index contributed by atoms with van der Waals surface area (Å²) >= 11 is 0. The smallest absolute Gasteiger partial charge is 0.391 e. The molecule has 1 aliphatic heterocycles.